The van der Waals surface area contributed by atoms with E-state index in [1.807, 2.05) is 0 Å². The molecule has 0 fully saturated rings. The SMILES string of the molecule is CCCCCCCCC/C=C/S(=O)(=O)NCCC(=O)[O-].CCCCCCCCC/C=C/S(=O)(=O)NCCC(=O)[O-].[Ca+2]. The molecule has 0 heterocycles. The van der Waals surface area contributed by atoms with Gasteiger partial charge in [0.2, 0.25) is 20.0 Å². The van der Waals surface area contributed by atoms with E-state index in [1.165, 1.54) is 64.2 Å². The van der Waals surface area contributed by atoms with E-state index in [0.717, 1.165) is 49.3 Å². The third-order valence-corrected chi connectivity index (χ3v) is 8.08. The molecule has 0 aromatic heterocycles. The monoisotopic (exact) mass is 648 g/mol. The summed E-state index contributed by atoms with van der Waals surface area (Å²) in [5, 5.41) is 22.5. The number of allylic oxidation sites excluding steroid dienone is 2. The summed E-state index contributed by atoms with van der Waals surface area (Å²) in [6.07, 6.45) is 20.8. The van der Waals surface area contributed by atoms with E-state index in [1.54, 1.807) is 12.2 Å². The first-order chi connectivity index (χ1) is 19.0. The molecule has 0 aliphatic rings. The van der Waals surface area contributed by atoms with Gasteiger partial charge in [-0.25, -0.2) is 26.3 Å². The number of sulfonamides is 2. The van der Waals surface area contributed by atoms with Crippen molar-refractivity contribution in [2.45, 2.75) is 129 Å². The fourth-order valence-corrected chi connectivity index (χ4v) is 5.26. The Bertz CT molecular complexity index is 834. The molecule has 0 aliphatic heterocycles. The fraction of sp³-hybridized carbons (Fsp3) is 0.786. The van der Waals surface area contributed by atoms with Crippen molar-refractivity contribution in [2.75, 3.05) is 13.1 Å². The fourth-order valence-electron chi connectivity index (χ4n) is 3.51. The number of unbranched alkanes of at least 4 members (excludes halogenated alkanes) is 14. The van der Waals surface area contributed by atoms with Gasteiger partial charge in [-0.05, 0) is 25.7 Å². The molecule has 0 aromatic rings. The van der Waals surface area contributed by atoms with Gasteiger partial charge in [0.1, 0.15) is 0 Å². The molecule has 0 amide bonds. The molecule has 2 N–H and O–H groups in total. The molecule has 41 heavy (non-hydrogen) atoms. The zero-order valence-electron chi connectivity index (χ0n) is 25.2. The number of carbonyl (C=O) groups is 2. The molecule has 0 unspecified atom stereocenters. The van der Waals surface area contributed by atoms with Crippen LogP contribution in [-0.2, 0) is 29.6 Å². The van der Waals surface area contributed by atoms with Gasteiger partial charge in [0.15, 0.2) is 0 Å². The van der Waals surface area contributed by atoms with E-state index in [0.29, 0.717) is 0 Å². The van der Waals surface area contributed by atoms with Crippen LogP contribution < -0.4 is 19.7 Å². The van der Waals surface area contributed by atoms with Gasteiger partial charge in [-0.1, -0.05) is 103 Å². The Kier molecular flexibility index (Phi) is 33.9. The molecule has 0 aliphatic carbocycles. The number of carboxylic acids is 2. The molecule has 0 atom stereocenters. The Morgan fingerprint density at radius 3 is 1.15 bits per heavy atom. The van der Waals surface area contributed by atoms with Gasteiger partial charge >= 0.3 is 37.7 Å². The minimum Gasteiger partial charge on any atom is -0.550 e. The standard InChI is InChI=1S/2C14H27NO4S.Ca/c2*1-2-3-4-5-6-7-8-9-10-13-20(18,19)15-12-11-14(16)17;/h2*10,13,15H,2-9,11-12H2,1H3,(H,16,17);/q;;+2/p-2/b2*13-10+;. The molecular formula is C28H52CaN2O8S2. The summed E-state index contributed by atoms with van der Waals surface area (Å²) < 4.78 is 50.0. The van der Waals surface area contributed by atoms with Crippen LogP contribution in [0.4, 0.5) is 0 Å². The molecule has 0 rings (SSSR count). The van der Waals surface area contributed by atoms with Crippen molar-refractivity contribution >= 4 is 69.7 Å². The minimum absolute atomic E-state index is 0. The second-order valence-corrected chi connectivity index (χ2v) is 13.0. The number of hydrogen-bond donors (Lipinski definition) is 2. The van der Waals surface area contributed by atoms with E-state index in [-0.39, 0.29) is 63.7 Å². The summed E-state index contributed by atoms with van der Waals surface area (Å²) in [7, 11) is -7.01. The van der Waals surface area contributed by atoms with Crippen LogP contribution in [0.15, 0.2) is 23.0 Å². The van der Waals surface area contributed by atoms with Crippen molar-refractivity contribution in [3.63, 3.8) is 0 Å². The Labute approximate surface area is 279 Å². The van der Waals surface area contributed by atoms with E-state index in [9.17, 15) is 36.6 Å². The molecule has 0 saturated heterocycles. The number of hydrogen-bond acceptors (Lipinski definition) is 8. The summed E-state index contributed by atoms with van der Waals surface area (Å²) in [6.45, 7) is 4.11. The van der Waals surface area contributed by atoms with Gasteiger partial charge in [-0.3, -0.25) is 0 Å². The van der Waals surface area contributed by atoms with Crippen molar-refractivity contribution in [1.82, 2.24) is 9.44 Å². The number of aliphatic carboxylic acids is 2. The van der Waals surface area contributed by atoms with E-state index in [4.69, 9.17) is 0 Å². The van der Waals surface area contributed by atoms with Crippen molar-refractivity contribution in [3.05, 3.63) is 23.0 Å². The normalized spacial score (nSPS) is 11.8. The first-order valence-corrected chi connectivity index (χ1v) is 17.8. The minimum atomic E-state index is -3.50. The number of carbonyl (C=O) groups excluding carboxylic acids is 2. The van der Waals surface area contributed by atoms with Crippen molar-refractivity contribution in [1.29, 1.82) is 0 Å². The van der Waals surface area contributed by atoms with E-state index < -0.39 is 32.0 Å². The molecular weight excluding hydrogens is 597 g/mol. The Balaban J connectivity index is -0.000000688. The number of carboxylic acid groups (broad SMARTS) is 2. The molecule has 13 heteroatoms. The quantitative estimate of drug-likeness (QED) is 0.106. The second-order valence-electron chi connectivity index (χ2n) is 9.69. The van der Waals surface area contributed by atoms with Crippen LogP contribution in [-0.4, -0.2) is 79.6 Å². The van der Waals surface area contributed by atoms with Crippen LogP contribution in [0.1, 0.15) is 129 Å². The molecule has 0 radical (unpaired) electrons. The van der Waals surface area contributed by atoms with Crippen LogP contribution in [0.5, 0.6) is 0 Å². The smallest absolute Gasteiger partial charge is 0.550 e. The zero-order chi connectivity index (χ0) is 30.5. The largest absolute Gasteiger partial charge is 2.00 e. The predicted molar refractivity (Wildman–Crippen MR) is 162 cm³/mol. The van der Waals surface area contributed by atoms with Gasteiger partial charge < -0.3 is 19.8 Å². The summed E-state index contributed by atoms with van der Waals surface area (Å²) in [5.41, 5.74) is 0. The first kappa shape index (κ1) is 44.9. The molecule has 236 valence electrons. The average Bonchev–Trinajstić information content (AvgIpc) is 2.86. The van der Waals surface area contributed by atoms with Gasteiger partial charge in [-0.15, -0.1) is 0 Å². The molecule has 0 saturated carbocycles. The van der Waals surface area contributed by atoms with Gasteiger partial charge in [0, 0.05) is 48.7 Å². The molecule has 0 spiro atoms. The molecule has 10 nitrogen and oxygen atoms in total. The predicted octanol–water partition coefficient (Wildman–Crippen LogP) is 3.02. The summed E-state index contributed by atoms with van der Waals surface area (Å²) in [4.78, 5) is 20.3. The van der Waals surface area contributed by atoms with Gasteiger partial charge in [0.25, 0.3) is 0 Å². The molecule has 0 aromatic carbocycles. The van der Waals surface area contributed by atoms with E-state index >= 15 is 0 Å². The van der Waals surface area contributed by atoms with Gasteiger partial charge in [-0.2, -0.15) is 0 Å². The number of nitrogens with one attached hydrogen (secondary N) is 2. The Hall–Kier alpha value is -0.500. The van der Waals surface area contributed by atoms with Crippen molar-refractivity contribution in [3.8, 4) is 0 Å². The van der Waals surface area contributed by atoms with E-state index in [2.05, 4.69) is 23.3 Å². The number of rotatable bonds is 26. The molecule has 0 bridgehead atoms. The maximum atomic E-state index is 11.4. The Morgan fingerprint density at radius 1 is 0.561 bits per heavy atom. The van der Waals surface area contributed by atoms with Crippen LogP contribution in [0.2, 0.25) is 0 Å². The third-order valence-electron chi connectivity index (χ3n) is 5.76. The van der Waals surface area contributed by atoms with Crippen LogP contribution in [0.25, 0.3) is 0 Å². The van der Waals surface area contributed by atoms with Crippen molar-refractivity contribution in [2.24, 2.45) is 0 Å². The van der Waals surface area contributed by atoms with Crippen molar-refractivity contribution < 1.29 is 36.6 Å². The maximum absolute atomic E-state index is 11.4. The summed E-state index contributed by atoms with van der Waals surface area (Å²) in [5.74, 6) is -2.53. The van der Waals surface area contributed by atoms with Crippen LogP contribution in [0.3, 0.4) is 0 Å². The zero-order valence-corrected chi connectivity index (χ0v) is 29.1. The maximum Gasteiger partial charge on any atom is 2.00 e. The third kappa shape index (κ3) is 39.5. The Morgan fingerprint density at radius 2 is 0.854 bits per heavy atom. The van der Waals surface area contributed by atoms with Crippen LogP contribution in [0, 0.1) is 0 Å². The summed E-state index contributed by atoms with van der Waals surface area (Å²) >= 11 is 0. The first-order valence-electron chi connectivity index (χ1n) is 14.7. The van der Waals surface area contributed by atoms with Gasteiger partial charge in [0.05, 0.1) is 0 Å². The van der Waals surface area contributed by atoms with Crippen LogP contribution >= 0.6 is 0 Å². The second kappa shape index (κ2) is 30.9. The topological polar surface area (TPSA) is 173 Å². The summed E-state index contributed by atoms with van der Waals surface area (Å²) in [6, 6.07) is 0. The average molecular weight is 649 g/mol.